The molecule has 1 aliphatic heterocycles. The van der Waals surface area contributed by atoms with Crippen LogP contribution in [-0.2, 0) is 12.7 Å². The van der Waals surface area contributed by atoms with Crippen molar-refractivity contribution in [3.8, 4) is 0 Å². The van der Waals surface area contributed by atoms with Crippen LogP contribution >= 0.6 is 0 Å². The number of alkyl halides is 3. The molecule has 160 valence electrons. The molecule has 0 aliphatic carbocycles. The standard InChI is InChI=1S/C23H26F3N3O/c1-15-4-3-10-29(11-9-15)14-18-7-6-17(12-20(18)23(24,25)26)22(30)28-19-8-5-16(2)21(27)13-19/h5-8,12-13H,1,3-4,9-11,14,27H2,2H3,(H,28,30). The number of carbonyl (C=O) groups excluding carboxylic acids is 1. The van der Waals surface area contributed by atoms with Crippen LogP contribution in [-0.4, -0.2) is 23.9 Å². The number of carbonyl (C=O) groups is 1. The molecule has 4 nitrogen and oxygen atoms in total. The van der Waals surface area contributed by atoms with Crippen molar-refractivity contribution in [2.75, 3.05) is 24.1 Å². The van der Waals surface area contributed by atoms with E-state index in [4.69, 9.17) is 5.73 Å². The number of amides is 1. The van der Waals surface area contributed by atoms with Crippen LogP contribution in [0, 0.1) is 6.92 Å². The molecule has 0 bridgehead atoms. The molecule has 0 aromatic heterocycles. The summed E-state index contributed by atoms with van der Waals surface area (Å²) in [5, 5.41) is 2.61. The average Bonchev–Trinajstić information content (AvgIpc) is 2.88. The van der Waals surface area contributed by atoms with Gasteiger partial charge in [-0.1, -0.05) is 24.3 Å². The highest BCUT2D eigenvalue weighted by atomic mass is 19.4. The Hall–Kier alpha value is -2.80. The highest BCUT2D eigenvalue weighted by Gasteiger charge is 2.34. The zero-order valence-electron chi connectivity index (χ0n) is 17.0. The first kappa shape index (κ1) is 21.9. The van der Waals surface area contributed by atoms with Gasteiger partial charge in [-0.05, 0) is 68.1 Å². The number of nitrogens with zero attached hydrogens (tertiary/aromatic N) is 1. The van der Waals surface area contributed by atoms with Gasteiger partial charge in [-0.2, -0.15) is 13.2 Å². The van der Waals surface area contributed by atoms with E-state index in [2.05, 4.69) is 11.9 Å². The molecule has 1 saturated heterocycles. The van der Waals surface area contributed by atoms with E-state index in [-0.39, 0.29) is 17.7 Å². The predicted molar refractivity (Wildman–Crippen MR) is 113 cm³/mol. The average molecular weight is 417 g/mol. The van der Waals surface area contributed by atoms with Crippen LogP contribution in [0.2, 0.25) is 0 Å². The maximum atomic E-state index is 13.7. The first-order chi connectivity index (χ1) is 14.1. The van der Waals surface area contributed by atoms with Crippen LogP contribution in [0.1, 0.15) is 46.3 Å². The summed E-state index contributed by atoms with van der Waals surface area (Å²) in [6, 6.07) is 8.76. The summed E-state index contributed by atoms with van der Waals surface area (Å²) in [6.45, 7) is 7.43. The number of halogens is 3. The molecule has 7 heteroatoms. The molecule has 30 heavy (non-hydrogen) atoms. The molecule has 2 aromatic rings. The summed E-state index contributed by atoms with van der Waals surface area (Å²) >= 11 is 0. The minimum atomic E-state index is -4.55. The van der Waals surface area contributed by atoms with E-state index < -0.39 is 17.6 Å². The number of hydrogen-bond donors (Lipinski definition) is 2. The molecule has 0 unspecified atom stereocenters. The van der Waals surface area contributed by atoms with Crippen LogP contribution in [0.4, 0.5) is 24.5 Å². The van der Waals surface area contributed by atoms with Gasteiger partial charge in [0.2, 0.25) is 0 Å². The third kappa shape index (κ3) is 5.42. The molecule has 1 amide bonds. The van der Waals surface area contributed by atoms with Gasteiger partial charge in [0, 0.05) is 30.0 Å². The lowest BCUT2D eigenvalue weighted by molar-refractivity contribution is -0.138. The second-order valence-corrected chi connectivity index (χ2v) is 7.77. The van der Waals surface area contributed by atoms with Crippen LogP contribution < -0.4 is 11.1 Å². The molecule has 2 aromatic carbocycles. The molecule has 3 N–H and O–H groups in total. The SMILES string of the molecule is C=C1CCCN(Cc2ccc(C(=O)Nc3ccc(C)c(N)c3)cc2C(F)(F)F)CC1. The number of nitrogens with two attached hydrogens (primary N) is 1. The van der Waals surface area contributed by atoms with Crippen LogP contribution in [0.3, 0.4) is 0 Å². The highest BCUT2D eigenvalue weighted by Crippen LogP contribution is 2.34. The van der Waals surface area contributed by atoms with Gasteiger partial charge >= 0.3 is 6.18 Å². The van der Waals surface area contributed by atoms with Crippen LogP contribution in [0.25, 0.3) is 0 Å². The Bertz CT molecular complexity index is 953. The fourth-order valence-corrected chi connectivity index (χ4v) is 3.55. The second kappa shape index (κ2) is 8.92. The lowest BCUT2D eigenvalue weighted by atomic mass is 10.0. The van der Waals surface area contributed by atoms with E-state index in [1.807, 2.05) is 11.8 Å². The molecule has 1 fully saturated rings. The van der Waals surface area contributed by atoms with Gasteiger partial charge < -0.3 is 11.1 Å². The van der Waals surface area contributed by atoms with Gasteiger partial charge in [-0.3, -0.25) is 9.69 Å². The largest absolute Gasteiger partial charge is 0.416 e. The van der Waals surface area contributed by atoms with E-state index in [0.717, 1.165) is 43.0 Å². The van der Waals surface area contributed by atoms with Gasteiger partial charge in [0.15, 0.2) is 0 Å². The molecule has 1 heterocycles. The number of anilines is 2. The summed E-state index contributed by atoms with van der Waals surface area (Å²) in [6.07, 6.45) is -1.96. The van der Waals surface area contributed by atoms with E-state index in [9.17, 15) is 18.0 Å². The minimum absolute atomic E-state index is 0.0468. The Kier molecular flexibility index (Phi) is 6.51. The van der Waals surface area contributed by atoms with E-state index in [1.165, 1.54) is 12.1 Å². The van der Waals surface area contributed by atoms with Crippen molar-refractivity contribution in [3.05, 3.63) is 70.8 Å². The third-order valence-electron chi connectivity index (χ3n) is 5.39. The first-order valence-electron chi connectivity index (χ1n) is 9.90. The Balaban J connectivity index is 1.82. The molecule has 0 atom stereocenters. The van der Waals surface area contributed by atoms with Crippen LogP contribution in [0.15, 0.2) is 48.6 Å². The monoisotopic (exact) mass is 417 g/mol. The smallest absolute Gasteiger partial charge is 0.398 e. The number of aryl methyl sites for hydroxylation is 1. The summed E-state index contributed by atoms with van der Waals surface area (Å²) in [7, 11) is 0. The van der Waals surface area contributed by atoms with Gasteiger partial charge in [-0.15, -0.1) is 0 Å². The maximum Gasteiger partial charge on any atom is 0.416 e. The summed E-state index contributed by atoms with van der Waals surface area (Å²) < 4.78 is 41.2. The third-order valence-corrected chi connectivity index (χ3v) is 5.39. The maximum absolute atomic E-state index is 13.7. The topological polar surface area (TPSA) is 58.4 Å². The minimum Gasteiger partial charge on any atom is -0.398 e. The lowest BCUT2D eigenvalue weighted by Crippen LogP contribution is -2.26. The molecular formula is C23H26F3N3O. The van der Waals surface area contributed by atoms with Crippen molar-refractivity contribution in [1.29, 1.82) is 0 Å². The number of hydrogen-bond acceptors (Lipinski definition) is 3. The lowest BCUT2D eigenvalue weighted by Gasteiger charge is -2.22. The molecule has 0 spiro atoms. The van der Waals surface area contributed by atoms with Crippen molar-refractivity contribution in [2.24, 2.45) is 0 Å². The van der Waals surface area contributed by atoms with Gasteiger partial charge in [0.25, 0.3) is 5.91 Å². The number of rotatable bonds is 4. The Morgan fingerprint density at radius 1 is 1.17 bits per heavy atom. The predicted octanol–water partition coefficient (Wildman–Crippen LogP) is 5.39. The van der Waals surface area contributed by atoms with E-state index in [0.29, 0.717) is 17.9 Å². The van der Waals surface area contributed by atoms with Gasteiger partial charge in [0.05, 0.1) is 5.56 Å². The summed E-state index contributed by atoms with van der Waals surface area (Å²) in [5.41, 5.74) is 8.11. The summed E-state index contributed by atoms with van der Waals surface area (Å²) in [4.78, 5) is 14.5. The molecule has 1 aliphatic rings. The number of benzene rings is 2. The van der Waals surface area contributed by atoms with Crippen molar-refractivity contribution in [3.63, 3.8) is 0 Å². The van der Waals surface area contributed by atoms with Gasteiger partial charge in [-0.25, -0.2) is 0 Å². The highest BCUT2D eigenvalue weighted by molar-refractivity contribution is 6.04. The molecular weight excluding hydrogens is 391 g/mol. The normalized spacial score (nSPS) is 15.7. The number of likely N-dealkylation sites (tertiary alicyclic amines) is 1. The summed E-state index contributed by atoms with van der Waals surface area (Å²) in [5.74, 6) is -0.610. The second-order valence-electron chi connectivity index (χ2n) is 7.77. The zero-order chi connectivity index (χ0) is 21.9. The Morgan fingerprint density at radius 2 is 1.93 bits per heavy atom. The quantitative estimate of drug-likeness (QED) is 0.518. The molecule has 0 saturated carbocycles. The Labute approximate surface area is 174 Å². The van der Waals surface area contributed by atoms with E-state index in [1.54, 1.807) is 18.2 Å². The zero-order valence-corrected chi connectivity index (χ0v) is 17.0. The fraction of sp³-hybridized carbons (Fsp3) is 0.348. The van der Waals surface area contributed by atoms with Gasteiger partial charge in [0.1, 0.15) is 0 Å². The number of nitrogens with one attached hydrogen (secondary N) is 1. The molecule has 0 radical (unpaired) electrons. The first-order valence-corrected chi connectivity index (χ1v) is 9.90. The van der Waals surface area contributed by atoms with Crippen molar-refractivity contribution < 1.29 is 18.0 Å². The van der Waals surface area contributed by atoms with Crippen molar-refractivity contribution in [2.45, 2.75) is 38.9 Å². The van der Waals surface area contributed by atoms with E-state index >= 15 is 0 Å². The number of nitrogen functional groups attached to an aromatic ring is 1. The Morgan fingerprint density at radius 3 is 2.63 bits per heavy atom. The van der Waals surface area contributed by atoms with Crippen molar-refractivity contribution in [1.82, 2.24) is 4.90 Å². The fourth-order valence-electron chi connectivity index (χ4n) is 3.55. The molecule has 3 rings (SSSR count). The van der Waals surface area contributed by atoms with Crippen LogP contribution in [0.5, 0.6) is 0 Å². The van der Waals surface area contributed by atoms with Crippen molar-refractivity contribution >= 4 is 17.3 Å².